The molecule has 2 aromatic carbocycles. The van der Waals surface area contributed by atoms with Gasteiger partial charge in [0.1, 0.15) is 11.4 Å². The number of hydrogen-bond acceptors (Lipinski definition) is 7. The number of benzene rings is 2. The van der Waals surface area contributed by atoms with Crippen molar-refractivity contribution in [3.63, 3.8) is 0 Å². The van der Waals surface area contributed by atoms with Gasteiger partial charge in [0.25, 0.3) is 0 Å². The van der Waals surface area contributed by atoms with Gasteiger partial charge < -0.3 is 14.7 Å². The Balaban J connectivity index is 1.53. The summed E-state index contributed by atoms with van der Waals surface area (Å²) < 4.78 is 51.7. The van der Waals surface area contributed by atoms with Crippen LogP contribution in [-0.4, -0.2) is 45.1 Å². The molecule has 31 heavy (non-hydrogen) atoms. The Kier molecular flexibility index (Phi) is 5.07. The van der Waals surface area contributed by atoms with E-state index >= 15 is 0 Å². The van der Waals surface area contributed by atoms with Crippen LogP contribution in [-0.2, 0) is 15.7 Å². The summed E-state index contributed by atoms with van der Waals surface area (Å²) in [6.45, 7) is 0.262. The highest BCUT2D eigenvalue weighted by Gasteiger charge is 2.43. The first-order valence-corrected chi connectivity index (χ1v) is 10.4. The van der Waals surface area contributed by atoms with Crippen molar-refractivity contribution in [3.8, 4) is 11.3 Å². The van der Waals surface area contributed by atoms with E-state index < -0.39 is 18.2 Å². The van der Waals surface area contributed by atoms with Crippen LogP contribution in [0.1, 0.15) is 12.1 Å². The highest BCUT2D eigenvalue weighted by Crippen LogP contribution is 2.38. The van der Waals surface area contributed by atoms with E-state index in [4.69, 9.17) is 14.7 Å². The molecule has 160 valence electrons. The summed E-state index contributed by atoms with van der Waals surface area (Å²) in [4.78, 5) is 8.15. The third kappa shape index (κ3) is 3.98. The predicted molar refractivity (Wildman–Crippen MR) is 108 cm³/mol. The standard InChI is InChI=1S/C21H16F3N3O3S/c22-21(23,24)18-9-14(13-6-5-11-3-1-2-4-12(11)7-13)25-20(26-18)31-17-8-15(27-28)19-29-10-16(17)30-19/h1-7,9,16-17,19,28H,8,10H2/b27-15+/t16-,17+,19-/m1/s1. The Morgan fingerprint density at radius 3 is 2.65 bits per heavy atom. The monoisotopic (exact) mass is 447 g/mol. The molecular formula is C21H16F3N3O3S. The molecule has 0 spiro atoms. The van der Waals surface area contributed by atoms with Gasteiger partial charge in [0, 0.05) is 17.2 Å². The topological polar surface area (TPSA) is 76.8 Å². The minimum absolute atomic E-state index is 0.0192. The summed E-state index contributed by atoms with van der Waals surface area (Å²) in [6, 6.07) is 14.0. The molecule has 2 aliphatic heterocycles. The fourth-order valence-electron chi connectivity index (χ4n) is 3.68. The third-order valence-electron chi connectivity index (χ3n) is 5.23. The van der Waals surface area contributed by atoms with Crippen molar-refractivity contribution >= 4 is 28.2 Å². The van der Waals surface area contributed by atoms with Gasteiger partial charge in [-0.2, -0.15) is 13.2 Å². The summed E-state index contributed by atoms with van der Waals surface area (Å²) in [5, 5.41) is 13.9. The van der Waals surface area contributed by atoms with Crippen LogP contribution in [0.2, 0.25) is 0 Å². The Morgan fingerprint density at radius 2 is 1.87 bits per heavy atom. The zero-order valence-electron chi connectivity index (χ0n) is 15.9. The highest BCUT2D eigenvalue weighted by molar-refractivity contribution is 7.99. The van der Waals surface area contributed by atoms with Crippen molar-refractivity contribution in [2.45, 2.75) is 35.4 Å². The average molecular weight is 447 g/mol. The van der Waals surface area contributed by atoms with Crippen LogP contribution in [0.25, 0.3) is 22.0 Å². The van der Waals surface area contributed by atoms with Crippen molar-refractivity contribution in [1.82, 2.24) is 9.97 Å². The number of thioether (sulfide) groups is 1. The predicted octanol–water partition coefficient (Wildman–Crippen LogP) is 4.75. The van der Waals surface area contributed by atoms with E-state index in [1.54, 1.807) is 6.07 Å². The lowest BCUT2D eigenvalue weighted by Crippen LogP contribution is -2.37. The van der Waals surface area contributed by atoms with Crippen molar-refractivity contribution < 1.29 is 27.9 Å². The first kappa shape index (κ1) is 20.2. The molecule has 0 aliphatic carbocycles. The summed E-state index contributed by atoms with van der Waals surface area (Å²) in [7, 11) is 0. The molecule has 2 saturated heterocycles. The molecule has 2 aliphatic rings. The number of rotatable bonds is 3. The molecule has 3 atom stereocenters. The zero-order valence-corrected chi connectivity index (χ0v) is 16.7. The number of halogens is 3. The van der Waals surface area contributed by atoms with Gasteiger partial charge in [-0.25, -0.2) is 9.97 Å². The molecule has 2 bridgehead atoms. The first-order valence-electron chi connectivity index (χ1n) is 9.51. The van der Waals surface area contributed by atoms with E-state index in [2.05, 4.69) is 15.1 Å². The lowest BCUT2D eigenvalue weighted by atomic mass is 10.0. The second-order valence-corrected chi connectivity index (χ2v) is 8.48. The quantitative estimate of drug-likeness (QED) is 0.355. The molecule has 0 unspecified atom stereocenters. The van der Waals surface area contributed by atoms with Gasteiger partial charge in [0.05, 0.1) is 18.4 Å². The smallest absolute Gasteiger partial charge is 0.411 e. The van der Waals surface area contributed by atoms with Crippen LogP contribution in [0.15, 0.2) is 58.8 Å². The number of hydrogen-bond donors (Lipinski definition) is 1. The van der Waals surface area contributed by atoms with Crippen LogP contribution in [0.5, 0.6) is 0 Å². The summed E-state index contributed by atoms with van der Waals surface area (Å²) in [5.41, 5.74) is 0.0357. The fourth-order valence-corrected chi connectivity index (χ4v) is 4.81. The first-order chi connectivity index (χ1) is 14.9. The molecule has 3 heterocycles. The molecule has 0 saturated carbocycles. The van der Waals surface area contributed by atoms with Gasteiger partial charge in [0.2, 0.25) is 6.29 Å². The van der Waals surface area contributed by atoms with Gasteiger partial charge >= 0.3 is 6.18 Å². The molecule has 1 N–H and O–H groups in total. The van der Waals surface area contributed by atoms with E-state index in [0.29, 0.717) is 17.7 Å². The lowest BCUT2D eigenvalue weighted by Gasteiger charge is -2.26. The molecular weight excluding hydrogens is 431 g/mol. The van der Waals surface area contributed by atoms with Gasteiger partial charge in [-0.3, -0.25) is 0 Å². The third-order valence-corrected chi connectivity index (χ3v) is 6.40. The van der Waals surface area contributed by atoms with Crippen LogP contribution >= 0.6 is 11.8 Å². The Bertz CT molecular complexity index is 1170. The molecule has 0 radical (unpaired) electrons. The maximum absolute atomic E-state index is 13.6. The highest BCUT2D eigenvalue weighted by atomic mass is 32.2. The van der Waals surface area contributed by atoms with E-state index in [9.17, 15) is 13.2 Å². The number of aromatic nitrogens is 2. The van der Waals surface area contributed by atoms with Crippen LogP contribution < -0.4 is 0 Å². The minimum Gasteiger partial charge on any atom is -0.411 e. The molecule has 6 nitrogen and oxygen atoms in total. The number of ether oxygens (including phenoxy) is 2. The van der Waals surface area contributed by atoms with Crippen LogP contribution in [0.4, 0.5) is 13.2 Å². The van der Waals surface area contributed by atoms with Gasteiger partial charge in [-0.05, 0) is 22.9 Å². The fraction of sp³-hybridized carbons (Fsp3) is 0.286. The normalized spacial score (nSPS) is 24.7. The SMILES string of the molecule is O/N=C1\C[C@H](Sc2nc(-c3ccc4ccccc4c3)cc(C(F)(F)F)n2)[C@H]2CO[C@@H]1O2. The van der Waals surface area contributed by atoms with Crippen LogP contribution in [0, 0.1) is 0 Å². The molecule has 3 aromatic rings. The van der Waals surface area contributed by atoms with E-state index in [1.165, 1.54) is 0 Å². The molecule has 2 fully saturated rings. The molecule has 1 aromatic heterocycles. The minimum atomic E-state index is -4.62. The second kappa shape index (κ2) is 7.77. The van der Waals surface area contributed by atoms with E-state index in [0.717, 1.165) is 28.6 Å². The lowest BCUT2D eigenvalue weighted by molar-refractivity contribution is -0.141. The largest absolute Gasteiger partial charge is 0.433 e. The van der Waals surface area contributed by atoms with Gasteiger partial charge in [-0.1, -0.05) is 53.3 Å². The summed E-state index contributed by atoms with van der Waals surface area (Å²) in [6.07, 6.45) is -5.36. The van der Waals surface area contributed by atoms with Crippen molar-refractivity contribution in [2.75, 3.05) is 6.61 Å². The van der Waals surface area contributed by atoms with E-state index in [-0.39, 0.29) is 28.8 Å². The summed E-state index contributed by atoms with van der Waals surface area (Å²) in [5.74, 6) is 0. The summed E-state index contributed by atoms with van der Waals surface area (Å²) >= 11 is 1.07. The number of alkyl halides is 3. The Morgan fingerprint density at radius 1 is 1.06 bits per heavy atom. The van der Waals surface area contributed by atoms with Crippen molar-refractivity contribution in [2.24, 2.45) is 5.16 Å². The van der Waals surface area contributed by atoms with Gasteiger partial charge in [0.15, 0.2) is 5.16 Å². The molecule has 5 rings (SSSR count). The Labute approximate surface area is 179 Å². The maximum Gasteiger partial charge on any atom is 0.433 e. The molecule has 0 amide bonds. The number of fused-ring (bicyclic) bond motifs is 3. The van der Waals surface area contributed by atoms with Crippen molar-refractivity contribution in [1.29, 1.82) is 0 Å². The zero-order chi connectivity index (χ0) is 21.6. The second-order valence-electron chi connectivity index (χ2n) is 7.27. The Hall–Kier alpha value is -2.69. The average Bonchev–Trinajstić information content (AvgIpc) is 3.19. The van der Waals surface area contributed by atoms with Crippen LogP contribution in [0.3, 0.4) is 0 Å². The molecule has 10 heteroatoms. The van der Waals surface area contributed by atoms with Gasteiger partial charge in [-0.15, -0.1) is 0 Å². The van der Waals surface area contributed by atoms with E-state index in [1.807, 2.05) is 36.4 Å². The number of oxime groups is 1. The number of nitrogens with zero attached hydrogens (tertiary/aromatic N) is 3. The van der Waals surface area contributed by atoms with Crippen molar-refractivity contribution in [3.05, 3.63) is 54.2 Å². The maximum atomic E-state index is 13.6.